The second kappa shape index (κ2) is 11.1. The summed E-state index contributed by atoms with van der Waals surface area (Å²) in [6, 6.07) is 11.7. The number of benzene rings is 1. The number of aliphatic carboxylic acids is 1. The van der Waals surface area contributed by atoms with Crippen LogP contribution in [0.3, 0.4) is 0 Å². The SMILES string of the molecule is CC1(C(=O)NC(Cc2ccc(N3CCC(c4ccc5c(n4)NCCC5)CC3)cc2)C(=O)O)CCCCC1. The molecule has 1 aromatic heterocycles. The number of amides is 1. The van der Waals surface area contributed by atoms with Crippen molar-refractivity contribution in [1.82, 2.24) is 10.3 Å². The molecule has 3 heterocycles. The molecule has 7 nitrogen and oxygen atoms in total. The van der Waals surface area contributed by atoms with E-state index < -0.39 is 17.4 Å². The van der Waals surface area contributed by atoms with Gasteiger partial charge < -0.3 is 20.6 Å². The van der Waals surface area contributed by atoms with Crippen molar-refractivity contribution in [1.29, 1.82) is 0 Å². The predicted octanol–water partition coefficient (Wildman–Crippen LogP) is 4.91. The molecule has 1 aliphatic carbocycles. The zero-order chi connectivity index (χ0) is 25.8. The van der Waals surface area contributed by atoms with E-state index in [2.05, 4.69) is 39.8 Å². The molecule has 37 heavy (non-hydrogen) atoms. The van der Waals surface area contributed by atoms with Gasteiger partial charge in [0.05, 0.1) is 0 Å². The number of nitrogens with zero attached hydrogens (tertiary/aromatic N) is 2. The van der Waals surface area contributed by atoms with Crippen LogP contribution in [0.25, 0.3) is 0 Å². The van der Waals surface area contributed by atoms with E-state index in [1.807, 2.05) is 19.1 Å². The van der Waals surface area contributed by atoms with Gasteiger partial charge in [-0.25, -0.2) is 9.78 Å². The molecule has 2 aromatic rings. The van der Waals surface area contributed by atoms with Crippen LogP contribution in [0.15, 0.2) is 36.4 Å². The Balaban J connectivity index is 1.16. The molecule has 1 saturated carbocycles. The van der Waals surface area contributed by atoms with Gasteiger partial charge in [0.2, 0.25) is 5.91 Å². The van der Waals surface area contributed by atoms with Crippen LogP contribution in [0.1, 0.15) is 81.0 Å². The molecule has 2 aliphatic heterocycles. The Morgan fingerprint density at radius 2 is 1.81 bits per heavy atom. The molecule has 1 atom stereocenters. The fraction of sp³-hybridized carbons (Fsp3) is 0.567. The number of carboxylic acid groups (broad SMARTS) is 1. The highest BCUT2D eigenvalue weighted by Gasteiger charge is 2.36. The lowest BCUT2D eigenvalue weighted by Gasteiger charge is -2.34. The summed E-state index contributed by atoms with van der Waals surface area (Å²) in [5.74, 6) is 0.453. The van der Waals surface area contributed by atoms with E-state index in [0.29, 0.717) is 5.92 Å². The van der Waals surface area contributed by atoms with E-state index in [1.165, 1.54) is 17.7 Å². The molecule has 0 spiro atoms. The molecule has 3 N–H and O–H groups in total. The van der Waals surface area contributed by atoms with E-state index in [1.54, 1.807) is 0 Å². The lowest BCUT2D eigenvalue weighted by Crippen LogP contribution is -2.49. The Kier molecular flexibility index (Phi) is 7.68. The molecule has 1 saturated heterocycles. The van der Waals surface area contributed by atoms with Crippen LogP contribution in [0.4, 0.5) is 11.5 Å². The number of hydrogen-bond donors (Lipinski definition) is 3. The van der Waals surface area contributed by atoms with Gasteiger partial charge in [0.1, 0.15) is 11.9 Å². The minimum absolute atomic E-state index is 0.122. The van der Waals surface area contributed by atoms with E-state index in [4.69, 9.17) is 4.98 Å². The van der Waals surface area contributed by atoms with Crippen LogP contribution in [0, 0.1) is 5.41 Å². The molecule has 3 aliphatic rings. The van der Waals surface area contributed by atoms with Crippen LogP contribution in [-0.2, 0) is 22.4 Å². The number of fused-ring (bicyclic) bond motifs is 1. The van der Waals surface area contributed by atoms with E-state index in [0.717, 1.165) is 88.1 Å². The second-order valence-corrected chi connectivity index (χ2v) is 11.4. The van der Waals surface area contributed by atoms with Crippen LogP contribution in [0.2, 0.25) is 0 Å². The van der Waals surface area contributed by atoms with Crippen molar-refractivity contribution < 1.29 is 14.7 Å². The Hall–Kier alpha value is -3.09. The molecule has 1 aromatic carbocycles. The summed E-state index contributed by atoms with van der Waals surface area (Å²) < 4.78 is 0. The summed E-state index contributed by atoms with van der Waals surface area (Å²) in [5, 5.41) is 16.1. The minimum atomic E-state index is -0.982. The Labute approximate surface area is 220 Å². The van der Waals surface area contributed by atoms with Crippen LogP contribution < -0.4 is 15.5 Å². The maximum absolute atomic E-state index is 12.9. The second-order valence-electron chi connectivity index (χ2n) is 11.4. The van der Waals surface area contributed by atoms with Crippen molar-refractivity contribution in [2.24, 2.45) is 5.41 Å². The number of piperidine rings is 1. The van der Waals surface area contributed by atoms with Gasteiger partial charge in [-0.2, -0.15) is 0 Å². The molecule has 7 heteroatoms. The van der Waals surface area contributed by atoms with Crippen molar-refractivity contribution in [3.63, 3.8) is 0 Å². The van der Waals surface area contributed by atoms with Gasteiger partial charge in [0, 0.05) is 48.8 Å². The van der Waals surface area contributed by atoms with Gasteiger partial charge in [-0.15, -0.1) is 0 Å². The zero-order valence-corrected chi connectivity index (χ0v) is 22.0. The van der Waals surface area contributed by atoms with E-state index in [-0.39, 0.29) is 12.3 Å². The summed E-state index contributed by atoms with van der Waals surface area (Å²) >= 11 is 0. The number of anilines is 2. The smallest absolute Gasteiger partial charge is 0.326 e. The first-order chi connectivity index (χ1) is 17.9. The summed E-state index contributed by atoms with van der Waals surface area (Å²) in [5.41, 5.74) is 4.17. The average molecular weight is 505 g/mol. The quantitative estimate of drug-likeness (QED) is 0.496. The first kappa shape index (κ1) is 25.6. The number of carboxylic acids is 1. The third-order valence-corrected chi connectivity index (χ3v) is 8.68. The Morgan fingerprint density at radius 1 is 1.08 bits per heavy atom. The fourth-order valence-electron chi connectivity index (χ4n) is 6.17. The van der Waals surface area contributed by atoms with Crippen molar-refractivity contribution in [3.05, 3.63) is 53.2 Å². The third kappa shape index (κ3) is 5.91. The highest BCUT2D eigenvalue weighted by atomic mass is 16.4. The molecular weight excluding hydrogens is 464 g/mol. The van der Waals surface area contributed by atoms with Crippen molar-refractivity contribution >= 4 is 23.4 Å². The predicted molar refractivity (Wildman–Crippen MR) is 146 cm³/mol. The number of hydrogen-bond acceptors (Lipinski definition) is 5. The van der Waals surface area contributed by atoms with Crippen molar-refractivity contribution in [2.75, 3.05) is 29.9 Å². The van der Waals surface area contributed by atoms with Crippen LogP contribution in [0.5, 0.6) is 0 Å². The molecule has 1 unspecified atom stereocenters. The molecule has 0 bridgehead atoms. The van der Waals surface area contributed by atoms with Gasteiger partial charge >= 0.3 is 5.97 Å². The lowest BCUT2D eigenvalue weighted by molar-refractivity contribution is -0.144. The summed E-state index contributed by atoms with van der Waals surface area (Å²) in [6.45, 7) is 4.93. The van der Waals surface area contributed by atoms with Gasteiger partial charge in [0.15, 0.2) is 0 Å². The first-order valence-corrected chi connectivity index (χ1v) is 14.0. The number of nitrogens with one attached hydrogen (secondary N) is 2. The normalized spacial score (nSPS) is 20.4. The average Bonchev–Trinajstić information content (AvgIpc) is 2.93. The van der Waals surface area contributed by atoms with Crippen LogP contribution in [-0.4, -0.2) is 47.6 Å². The summed E-state index contributed by atoms with van der Waals surface area (Å²) in [7, 11) is 0. The fourth-order valence-corrected chi connectivity index (χ4v) is 6.17. The zero-order valence-electron chi connectivity index (χ0n) is 22.0. The Morgan fingerprint density at radius 3 is 2.51 bits per heavy atom. The molecule has 198 valence electrons. The molecule has 2 fully saturated rings. The van der Waals surface area contributed by atoms with Crippen molar-refractivity contribution in [3.8, 4) is 0 Å². The maximum Gasteiger partial charge on any atom is 0.326 e. The molecule has 1 amide bonds. The highest BCUT2D eigenvalue weighted by Crippen LogP contribution is 2.36. The van der Waals surface area contributed by atoms with Gasteiger partial charge in [-0.3, -0.25) is 4.79 Å². The van der Waals surface area contributed by atoms with E-state index >= 15 is 0 Å². The highest BCUT2D eigenvalue weighted by molar-refractivity contribution is 5.87. The summed E-state index contributed by atoms with van der Waals surface area (Å²) in [6.07, 6.45) is 9.59. The van der Waals surface area contributed by atoms with Crippen LogP contribution >= 0.6 is 0 Å². The molecule has 0 radical (unpaired) electrons. The van der Waals surface area contributed by atoms with Crippen molar-refractivity contribution in [2.45, 2.75) is 83.1 Å². The number of carbonyl (C=O) groups excluding carboxylic acids is 1. The topological polar surface area (TPSA) is 94.6 Å². The van der Waals surface area contributed by atoms with Gasteiger partial charge in [-0.05, 0) is 67.9 Å². The Bertz CT molecular complexity index is 1100. The van der Waals surface area contributed by atoms with Gasteiger partial charge in [-0.1, -0.05) is 44.4 Å². The monoisotopic (exact) mass is 504 g/mol. The number of aryl methyl sites for hydroxylation is 1. The summed E-state index contributed by atoms with van der Waals surface area (Å²) in [4.78, 5) is 32.2. The molecule has 5 rings (SSSR count). The number of aromatic nitrogens is 1. The standard InChI is InChI=1S/C30H40N4O3/c1-30(15-3-2-4-16-30)29(37)33-26(28(35)36)20-21-7-10-24(11-8-21)34-18-13-22(14-19-34)25-12-9-23-6-5-17-31-27(23)32-25/h7-12,22,26H,2-6,13-20H2,1H3,(H,31,32)(H,33,37)(H,35,36). The number of carbonyl (C=O) groups is 2. The third-order valence-electron chi connectivity index (χ3n) is 8.68. The maximum atomic E-state index is 12.9. The van der Waals surface area contributed by atoms with E-state index in [9.17, 15) is 14.7 Å². The number of rotatable bonds is 7. The minimum Gasteiger partial charge on any atom is -0.480 e. The molecular formula is C30H40N4O3. The first-order valence-electron chi connectivity index (χ1n) is 14.0. The largest absolute Gasteiger partial charge is 0.480 e. The number of pyridine rings is 1. The van der Waals surface area contributed by atoms with Gasteiger partial charge in [0.25, 0.3) is 0 Å². The lowest BCUT2D eigenvalue weighted by atomic mass is 9.75.